The molecule has 1 nitrogen and oxygen atoms in total. The second kappa shape index (κ2) is 11.5. The van der Waals surface area contributed by atoms with Gasteiger partial charge in [0.1, 0.15) is 11.2 Å². The molecule has 0 N–H and O–H groups in total. The Balaban J connectivity index is 1.02. The molecule has 10 aromatic carbocycles. The van der Waals surface area contributed by atoms with Crippen LogP contribution in [0.1, 0.15) is 25.0 Å². The Morgan fingerprint density at radius 3 is 1.55 bits per heavy atom. The lowest BCUT2D eigenvalue weighted by atomic mass is 9.80. The Kier molecular flexibility index (Phi) is 6.46. The average molecular weight is 713 g/mol. The summed E-state index contributed by atoms with van der Waals surface area (Å²) in [5.74, 6) is 0. The summed E-state index contributed by atoms with van der Waals surface area (Å²) < 4.78 is 6.75. The van der Waals surface area contributed by atoms with E-state index < -0.39 is 0 Å². The Labute approximate surface area is 325 Å². The van der Waals surface area contributed by atoms with Crippen molar-refractivity contribution in [2.45, 2.75) is 19.3 Å². The van der Waals surface area contributed by atoms with Crippen molar-refractivity contribution in [3.63, 3.8) is 0 Å². The maximum atomic E-state index is 6.75. The van der Waals surface area contributed by atoms with Crippen LogP contribution in [0.3, 0.4) is 0 Å². The van der Waals surface area contributed by atoms with Gasteiger partial charge in [-0.1, -0.05) is 178 Å². The zero-order chi connectivity index (χ0) is 37.1. The Morgan fingerprint density at radius 1 is 0.375 bits per heavy atom. The SMILES string of the molecule is CC1(C)c2ccc(-c3ccc(-c4c5ccccc5c(-c5ccc6ccccc6c5)c5ccccc45)cc3)cc2-c2c1c1oc3ccccc3c1c1ccccc21. The van der Waals surface area contributed by atoms with Gasteiger partial charge >= 0.3 is 0 Å². The lowest BCUT2D eigenvalue weighted by molar-refractivity contribution is 0.620. The summed E-state index contributed by atoms with van der Waals surface area (Å²) in [5.41, 5.74) is 14.4. The van der Waals surface area contributed by atoms with Crippen LogP contribution in [0.2, 0.25) is 0 Å². The number of furan rings is 1. The van der Waals surface area contributed by atoms with E-state index in [-0.39, 0.29) is 5.41 Å². The third-order valence-corrected chi connectivity index (χ3v) is 12.6. The fourth-order valence-electron chi connectivity index (χ4n) is 10.1. The summed E-state index contributed by atoms with van der Waals surface area (Å²) in [6.07, 6.45) is 0. The predicted octanol–water partition coefficient (Wildman–Crippen LogP) is 15.5. The molecule has 1 aromatic heterocycles. The number of hydrogen-bond acceptors (Lipinski definition) is 1. The van der Waals surface area contributed by atoms with Crippen LogP contribution in [-0.2, 0) is 5.41 Å². The molecule has 0 amide bonds. The first kappa shape index (κ1) is 31.4. The van der Waals surface area contributed by atoms with Gasteiger partial charge in [-0.05, 0) is 111 Å². The van der Waals surface area contributed by atoms with Crippen LogP contribution in [0.15, 0.2) is 186 Å². The second-order valence-corrected chi connectivity index (χ2v) is 16.0. The fourth-order valence-corrected chi connectivity index (χ4v) is 10.1. The van der Waals surface area contributed by atoms with E-state index in [4.69, 9.17) is 4.42 Å². The minimum absolute atomic E-state index is 0.218. The topological polar surface area (TPSA) is 13.1 Å². The lowest BCUT2D eigenvalue weighted by Gasteiger charge is -2.22. The smallest absolute Gasteiger partial charge is 0.140 e. The maximum absolute atomic E-state index is 6.75. The van der Waals surface area contributed by atoms with Crippen LogP contribution in [0, 0.1) is 0 Å². The van der Waals surface area contributed by atoms with E-state index in [0.717, 1.165) is 11.2 Å². The average Bonchev–Trinajstić information content (AvgIpc) is 3.75. The number of fused-ring (bicyclic) bond motifs is 13. The number of rotatable bonds is 3. The van der Waals surface area contributed by atoms with Crippen molar-refractivity contribution in [2.75, 3.05) is 0 Å². The first-order valence-electron chi connectivity index (χ1n) is 19.6. The van der Waals surface area contributed by atoms with Crippen molar-refractivity contribution in [1.82, 2.24) is 0 Å². The normalized spacial score (nSPS) is 13.3. The summed E-state index contributed by atoms with van der Waals surface area (Å²) in [7, 11) is 0. The highest BCUT2D eigenvalue weighted by molar-refractivity contribution is 6.25. The Bertz CT molecular complexity index is 3370. The van der Waals surface area contributed by atoms with Gasteiger partial charge in [-0.3, -0.25) is 0 Å². The van der Waals surface area contributed by atoms with E-state index in [9.17, 15) is 0 Å². The van der Waals surface area contributed by atoms with Gasteiger partial charge in [0.25, 0.3) is 0 Å². The number of para-hydroxylation sites is 1. The van der Waals surface area contributed by atoms with E-state index in [0.29, 0.717) is 0 Å². The van der Waals surface area contributed by atoms with Crippen LogP contribution < -0.4 is 0 Å². The van der Waals surface area contributed by atoms with Gasteiger partial charge in [0.15, 0.2) is 0 Å². The van der Waals surface area contributed by atoms with Crippen molar-refractivity contribution in [3.8, 4) is 44.5 Å². The van der Waals surface area contributed by atoms with E-state index in [1.807, 2.05) is 0 Å². The largest absolute Gasteiger partial charge is 0.456 e. The van der Waals surface area contributed by atoms with Gasteiger partial charge in [-0.25, -0.2) is 0 Å². The zero-order valence-corrected chi connectivity index (χ0v) is 31.2. The van der Waals surface area contributed by atoms with Gasteiger partial charge in [-0.15, -0.1) is 0 Å². The van der Waals surface area contributed by atoms with Crippen molar-refractivity contribution in [2.24, 2.45) is 0 Å². The first-order chi connectivity index (χ1) is 27.5. The van der Waals surface area contributed by atoms with Crippen LogP contribution in [0.5, 0.6) is 0 Å². The number of hydrogen-bond donors (Lipinski definition) is 0. The molecule has 0 saturated carbocycles. The van der Waals surface area contributed by atoms with E-state index >= 15 is 0 Å². The van der Waals surface area contributed by atoms with Crippen LogP contribution in [0.4, 0.5) is 0 Å². The van der Waals surface area contributed by atoms with E-state index in [1.54, 1.807) is 0 Å². The molecular formula is C55H36O. The molecule has 0 unspecified atom stereocenters. The molecule has 1 aliphatic carbocycles. The lowest BCUT2D eigenvalue weighted by Crippen LogP contribution is -2.15. The van der Waals surface area contributed by atoms with Crippen molar-refractivity contribution in [1.29, 1.82) is 0 Å². The van der Waals surface area contributed by atoms with Crippen LogP contribution in [-0.4, -0.2) is 0 Å². The summed E-state index contributed by atoms with van der Waals surface area (Å²) >= 11 is 0. The predicted molar refractivity (Wildman–Crippen MR) is 238 cm³/mol. The summed E-state index contributed by atoms with van der Waals surface area (Å²) in [5, 5.41) is 12.5. The molecule has 0 saturated heterocycles. The van der Waals surface area contributed by atoms with Crippen molar-refractivity contribution in [3.05, 3.63) is 193 Å². The van der Waals surface area contributed by atoms with E-state index in [1.165, 1.54) is 109 Å². The molecule has 0 fully saturated rings. The monoisotopic (exact) mass is 712 g/mol. The Hall–Kier alpha value is -6.96. The van der Waals surface area contributed by atoms with Crippen molar-refractivity contribution < 1.29 is 4.42 Å². The highest BCUT2D eigenvalue weighted by Gasteiger charge is 2.40. The maximum Gasteiger partial charge on any atom is 0.140 e. The fraction of sp³-hybridized carbons (Fsp3) is 0.0545. The molecule has 0 bridgehead atoms. The summed E-state index contributed by atoms with van der Waals surface area (Å²) in [4.78, 5) is 0. The zero-order valence-electron chi connectivity index (χ0n) is 31.2. The van der Waals surface area contributed by atoms with Gasteiger partial charge in [0.05, 0.1) is 0 Å². The molecule has 56 heavy (non-hydrogen) atoms. The molecule has 12 rings (SSSR count). The molecule has 262 valence electrons. The van der Waals surface area contributed by atoms with E-state index in [2.05, 4.69) is 196 Å². The summed E-state index contributed by atoms with van der Waals surface area (Å²) in [6.45, 7) is 4.71. The highest BCUT2D eigenvalue weighted by Crippen LogP contribution is 2.56. The third kappa shape index (κ3) is 4.31. The molecule has 11 aromatic rings. The third-order valence-electron chi connectivity index (χ3n) is 12.6. The first-order valence-corrected chi connectivity index (χ1v) is 19.6. The van der Waals surface area contributed by atoms with Gasteiger partial charge in [0, 0.05) is 21.8 Å². The minimum atomic E-state index is -0.218. The molecule has 0 aliphatic heterocycles. The second-order valence-electron chi connectivity index (χ2n) is 16.0. The molecule has 0 radical (unpaired) electrons. The van der Waals surface area contributed by atoms with Crippen LogP contribution >= 0.6 is 0 Å². The molecule has 1 heterocycles. The standard InChI is InChI=1S/C55H36O/c1-55(2)47-30-29-37(32-46(47)51-43-19-9-10-20-44(43)52-45-21-11-12-22-48(45)56-54(52)53(51)55)34-23-26-35(27-24-34)49-39-15-5-7-17-41(39)50(42-18-8-6-16-40(42)49)38-28-25-33-13-3-4-14-36(33)31-38/h3-32H,1-2H3. The molecule has 0 atom stereocenters. The molecule has 1 aliphatic rings. The van der Waals surface area contributed by atoms with Gasteiger partial charge < -0.3 is 4.42 Å². The highest BCUT2D eigenvalue weighted by atomic mass is 16.3. The summed E-state index contributed by atoms with van der Waals surface area (Å²) in [6, 6.07) is 67.0. The van der Waals surface area contributed by atoms with Gasteiger partial charge in [-0.2, -0.15) is 0 Å². The molecule has 1 heteroatoms. The van der Waals surface area contributed by atoms with Crippen LogP contribution in [0.25, 0.3) is 110 Å². The molecular weight excluding hydrogens is 677 g/mol. The van der Waals surface area contributed by atoms with Gasteiger partial charge in [0.2, 0.25) is 0 Å². The number of benzene rings is 10. The minimum Gasteiger partial charge on any atom is -0.456 e. The quantitative estimate of drug-likeness (QED) is 0.166. The van der Waals surface area contributed by atoms with Crippen molar-refractivity contribution >= 4 is 65.0 Å². The Morgan fingerprint density at radius 2 is 0.875 bits per heavy atom. The molecule has 0 spiro atoms.